The third kappa shape index (κ3) is 3.38. The predicted octanol–water partition coefficient (Wildman–Crippen LogP) is 2.13. The summed E-state index contributed by atoms with van der Waals surface area (Å²) in [6, 6.07) is 2.03. The highest BCUT2D eigenvalue weighted by Crippen LogP contribution is 2.28. The van der Waals surface area contributed by atoms with Crippen LogP contribution in [-0.2, 0) is 9.53 Å². The first-order chi connectivity index (χ1) is 11.4. The summed E-state index contributed by atoms with van der Waals surface area (Å²) in [5.41, 5.74) is 0.382. The SMILES string of the molecule is Cc1cc(N2CCN(C(=O)[C@@]3(C)CCCO3)CC2)nc(C(C)C)n1. The van der Waals surface area contributed by atoms with Crippen molar-refractivity contribution in [1.29, 1.82) is 0 Å². The summed E-state index contributed by atoms with van der Waals surface area (Å²) in [5.74, 6) is 2.31. The fraction of sp³-hybridized carbons (Fsp3) is 0.722. The number of anilines is 1. The number of hydrogen-bond acceptors (Lipinski definition) is 5. The van der Waals surface area contributed by atoms with Gasteiger partial charge in [0.15, 0.2) is 0 Å². The van der Waals surface area contributed by atoms with E-state index in [1.165, 1.54) is 0 Å². The van der Waals surface area contributed by atoms with Crippen LogP contribution in [-0.4, -0.2) is 59.2 Å². The van der Waals surface area contributed by atoms with E-state index in [9.17, 15) is 4.79 Å². The lowest BCUT2D eigenvalue weighted by Crippen LogP contribution is -2.55. The van der Waals surface area contributed by atoms with E-state index in [1.54, 1.807) is 0 Å². The standard InChI is InChI=1S/C18H28N4O2/c1-13(2)16-19-14(3)12-15(20-16)21-7-9-22(10-8-21)17(23)18(4)6-5-11-24-18/h12-13H,5-11H2,1-4H3/t18-/m1/s1. The van der Waals surface area contributed by atoms with Crippen LogP contribution in [0.3, 0.4) is 0 Å². The number of aromatic nitrogens is 2. The maximum absolute atomic E-state index is 12.7. The molecule has 1 atom stereocenters. The zero-order chi connectivity index (χ0) is 17.3. The minimum Gasteiger partial charge on any atom is -0.365 e. The van der Waals surface area contributed by atoms with E-state index in [0.717, 1.165) is 56.4 Å². The van der Waals surface area contributed by atoms with Crippen LogP contribution in [0.25, 0.3) is 0 Å². The molecule has 0 aromatic carbocycles. The monoisotopic (exact) mass is 332 g/mol. The van der Waals surface area contributed by atoms with Crippen molar-refractivity contribution in [2.75, 3.05) is 37.7 Å². The number of nitrogens with zero attached hydrogens (tertiary/aromatic N) is 4. The number of carbonyl (C=O) groups excluding carboxylic acids is 1. The lowest BCUT2D eigenvalue weighted by atomic mass is 10.0. The molecule has 1 aromatic heterocycles. The second-order valence-electron chi connectivity index (χ2n) is 7.34. The number of carbonyl (C=O) groups is 1. The fourth-order valence-corrected chi connectivity index (χ4v) is 3.42. The van der Waals surface area contributed by atoms with Crippen LogP contribution in [0.4, 0.5) is 5.82 Å². The molecule has 2 aliphatic rings. The van der Waals surface area contributed by atoms with Crippen molar-refractivity contribution in [2.24, 2.45) is 0 Å². The van der Waals surface area contributed by atoms with Gasteiger partial charge in [0.1, 0.15) is 17.2 Å². The van der Waals surface area contributed by atoms with Gasteiger partial charge in [-0.2, -0.15) is 0 Å². The van der Waals surface area contributed by atoms with Crippen LogP contribution < -0.4 is 4.90 Å². The van der Waals surface area contributed by atoms with Gasteiger partial charge in [0, 0.05) is 50.5 Å². The van der Waals surface area contributed by atoms with E-state index in [2.05, 4.69) is 23.7 Å². The van der Waals surface area contributed by atoms with Gasteiger partial charge in [0.2, 0.25) is 0 Å². The normalized spacial score (nSPS) is 24.7. The molecule has 1 aromatic rings. The van der Waals surface area contributed by atoms with Crippen molar-refractivity contribution in [3.05, 3.63) is 17.6 Å². The lowest BCUT2D eigenvalue weighted by Gasteiger charge is -2.38. The third-order valence-corrected chi connectivity index (χ3v) is 4.94. The Kier molecular flexibility index (Phi) is 4.76. The average molecular weight is 332 g/mol. The summed E-state index contributed by atoms with van der Waals surface area (Å²) in [4.78, 5) is 26.1. The van der Waals surface area contributed by atoms with E-state index in [1.807, 2.05) is 24.8 Å². The molecule has 1 amide bonds. The molecule has 0 unspecified atom stereocenters. The van der Waals surface area contributed by atoms with E-state index in [-0.39, 0.29) is 5.91 Å². The van der Waals surface area contributed by atoms with Crippen LogP contribution >= 0.6 is 0 Å². The molecule has 0 aliphatic carbocycles. The average Bonchev–Trinajstić information content (AvgIpc) is 3.01. The highest BCUT2D eigenvalue weighted by Gasteiger charge is 2.41. The number of aryl methyl sites for hydroxylation is 1. The third-order valence-electron chi connectivity index (χ3n) is 4.94. The molecular formula is C18H28N4O2. The number of piperazine rings is 1. The van der Waals surface area contributed by atoms with Gasteiger partial charge in [-0.15, -0.1) is 0 Å². The Morgan fingerprint density at radius 1 is 1.25 bits per heavy atom. The molecule has 24 heavy (non-hydrogen) atoms. The molecule has 3 heterocycles. The number of ether oxygens (including phenoxy) is 1. The lowest BCUT2D eigenvalue weighted by molar-refractivity contribution is -0.151. The highest BCUT2D eigenvalue weighted by atomic mass is 16.5. The maximum atomic E-state index is 12.7. The van der Waals surface area contributed by atoms with Crippen molar-refractivity contribution in [3.63, 3.8) is 0 Å². The Morgan fingerprint density at radius 3 is 2.54 bits per heavy atom. The first-order valence-corrected chi connectivity index (χ1v) is 8.93. The molecule has 6 heteroatoms. The summed E-state index contributed by atoms with van der Waals surface area (Å²) in [6.45, 7) is 11.9. The molecule has 0 saturated carbocycles. The molecule has 0 radical (unpaired) electrons. The zero-order valence-corrected chi connectivity index (χ0v) is 15.2. The number of amides is 1. The van der Waals surface area contributed by atoms with Gasteiger partial charge in [-0.25, -0.2) is 9.97 Å². The van der Waals surface area contributed by atoms with Crippen LogP contribution in [0.1, 0.15) is 51.0 Å². The van der Waals surface area contributed by atoms with E-state index >= 15 is 0 Å². The Hall–Kier alpha value is -1.69. The molecule has 3 rings (SSSR count). The molecule has 0 bridgehead atoms. The minimum absolute atomic E-state index is 0.140. The second-order valence-corrected chi connectivity index (χ2v) is 7.34. The van der Waals surface area contributed by atoms with E-state index in [0.29, 0.717) is 12.5 Å². The molecule has 132 valence electrons. The van der Waals surface area contributed by atoms with Gasteiger partial charge >= 0.3 is 0 Å². The molecule has 0 spiro atoms. The van der Waals surface area contributed by atoms with Crippen LogP contribution in [0.5, 0.6) is 0 Å². The Morgan fingerprint density at radius 2 is 1.96 bits per heavy atom. The zero-order valence-electron chi connectivity index (χ0n) is 15.2. The van der Waals surface area contributed by atoms with Gasteiger partial charge in [-0.1, -0.05) is 13.8 Å². The Balaban J connectivity index is 1.66. The summed E-state index contributed by atoms with van der Waals surface area (Å²) in [5, 5.41) is 0. The Bertz CT molecular complexity index is 603. The fourth-order valence-electron chi connectivity index (χ4n) is 3.42. The summed E-state index contributed by atoms with van der Waals surface area (Å²) in [7, 11) is 0. The number of hydrogen-bond donors (Lipinski definition) is 0. The minimum atomic E-state index is -0.613. The van der Waals surface area contributed by atoms with Crippen molar-refractivity contribution in [1.82, 2.24) is 14.9 Å². The maximum Gasteiger partial charge on any atom is 0.254 e. The van der Waals surface area contributed by atoms with E-state index < -0.39 is 5.60 Å². The second kappa shape index (κ2) is 6.67. The molecular weight excluding hydrogens is 304 g/mol. The van der Waals surface area contributed by atoms with Gasteiger partial charge in [0.05, 0.1) is 0 Å². The topological polar surface area (TPSA) is 58.6 Å². The molecule has 2 fully saturated rings. The summed E-state index contributed by atoms with van der Waals surface area (Å²) in [6.07, 6.45) is 1.80. The van der Waals surface area contributed by atoms with Gasteiger partial charge in [0.25, 0.3) is 5.91 Å². The summed E-state index contributed by atoms with van der Waals surface area (Å²) >= 11 is 0. The first-order valence-electron chi connectivity index (χ1n) is 8.93. The molecule has 2 saturated heterocycles. The number of rotatable bonds is 3. The predicted molar refractivity (Wildman–Crippen MR) is 93.2 cm³/mol. The van der Waals surface area contributed by atoms with E-state index in [4.69, 9.17) is 9.72 Å². The van der Waals surface area contributed by atoms with Crippen molar-refractivity contribution >= 4 is 11.7 Å². The molecule has 0 N–H and O–H groups in total. The van der Waals surface area contributed by atoms with Crippen LogP contribution in [0.2, 0.25) is 0 Å². The van der Waals surface area contributed by atoms with Crippen LogP contribution in [0.15, 0.2) is 6.07 Å². The largest absolute Gasteiger partial charge is 0.365 e. The highest BCUT2D eigenvalue weighted by molar-refractivity contribution is 5.85. The first kappa shape index (κ1) is 17.1. The molecule has 2 aliphatic heterocycles. The van der Waals surface area contributed by atoms with Crippen molar-refractivity contribution < 1.29 is 9.53 Å². The summed E-state index contributed by atoms with van der Waals surface area (Å²) < 4.78 is 5.70. The Labute approximate surface area is 144 Å². The van der Waals surface area contributed by atoms with Crippen LogP contribution in [0, 0.1) is 6.92 Å². The van der Waals surface area contributed by atoms with Crippen molar-refractivity contribution in [3.8, 4) is 0 Å². The smallest absolute Gasteiger partial charge is 0.254 e. The van der Waals surface area contributed by atoms with Gasteiger partial charge in [-0.3, -0.25) is 4.79 Å². The van der Waals surface area contributed by atoms with Gasteiger partial charge < -0.3 is 14.5 Å². The van der Waals surface area contributed by atoms with Gasteiger partial charge in [-0.05, 0) is 26.7 Å². The molecule has 6 nitrogen and oxygen atoms in total. The quantitative estimate of drug-likeness (QED) is 0.849. The van der Waals surface area contributed by atoms with Crippen molar-refractivity contribution in [2.45, 2.75) is 52.1 Å².